The van der Waals surface area contributed by atoms with Crippen molar-refractivity contribution < 1.29 is 5.11 Å². The molecule has 0 unspecified atom stereocenters. The second-order valence-electron chi connectivity index (χ2n) is 4.03. The standard InChI is InChI=1S/C13H17N3O/c1-11-3-2-4-13(7-11)16-10-12(9-15-16)8-14-5-6-17/h2-4,7,9-10,14,17H,5-6,8H2,1H3. The van der Waals surface area contributed by atoms with Crippen LogP contribution in [0, 0.1) is 6.92 Å². The summed E-state index contributed by atoms with van der Waals surface area (Å²) in [6.45, 7) is 3.56. The Labute approximate surface area is 101 Å². The van der Waals surface area contributed by atoms with Crippen molar-refractivity contribution in [2.24, 2.45) is 0 Å². The fourth-order valence-electron chi connectivity index (χ4n) is 1.67. The Morgan fingerprint density at radius 1 is 1.41 bits per heavy atom. The van der Waals surface area contributed by atoms with Crippen LogP contribution in [0.25, 0.3) is 5.69 Å². The summed E-state index contributed by atoms with van der Waals surface area (Å²) in [5, 5.41) is 16.1. The molecule has 4 heteroatoms. The number of nitrogens with one attached hydrogen (secondary N) is 1. The third-order valence-corrected chi connectivity index (χ3v) is 2.52. The van der Waals surface area contributed by atoms with Crippen molar-refractivity contribution in [2.45, 2.75) is 13.5 Å². The van der Waals surface area contributed by atoms with Crippen LogP contribution >= 0.6 is 0 Å². The van der Waals surface area contributed by atoms with Crippen LogP contribution in [0.15, 0.2) is 36.7 Å². The monoisotopic (exact) mass is 231 g/mol. The molecule has 2 aromatic rings. The lowest BCUT2D eigenvalue weighted by molar-refractivity contribution is 0.292. The molecule has 0 radical (unpaired) electrons. The van der Waals surface area contributed by atoms with E-state index in [9.17, 15) is 0 Å². The Kier molecular flexibility index (Phi) is 3.90. The van der Waals surface area contributed by atoms with Crippen LogP contribution in [-0.2, 0) is 6.54 Å². The van der Waals surface area contributed by atoms with Gasteiger partial charge < -0.3 is 10.4 Å². The summed E-state index contributed by atoms with van der Waals surface area (Å²) < 4.78 is 1.86. The predicted octanol–water partition coefficient (Wildman–Crippen LogP) is 1.26. The van der Waals surface area contributed by atoms with E-state index in [0.717, 1.165) is 17.8 Å². The van der Waals surface area contributed by atoms with Gasteiger partial charge in [-0.1, -0.05) is 12.1 Å². The molecule has 0 bridgehead atoms. The van der Waals surface area contributed by atoms with Gasteiger partial charge in [0.25, 0.3) is 0 Å². The summed E-state index contributed by atoms with van der Waals surface area (Å²) in [4.78, 5) is 0. The summed E-state index contributed by atoms with van der Waals surface area (Å²) in [5.74, 6) is 0. The van der Waals surface area contributed by atoms with Crippen molar-refractivity contribution in [1.82, 2.24) is 15.1 Å². The molecule has 0 amide bonds. The number of aliphatic hydroxyl groups is 1. The second kappa shape index (κ2) is 5.61. The van der Waals surface area contributed by atoms with Gasteiger partial charge in [0.05, 0.1) is 18.5 Å². The topological polar surface area (TPSA) is 50.1 Å². The van der Waals surface area contributed by atoms with E-state index >= 15 is 0 Å². The first-order valence-corrected chi connectivity index (χ1v) is 5.72. The van der Waals surface area contributed by atoms with Gasteiger partial charge in [0.2, 0.25) is 0 Å². The average Bonchev–Trinajstić information content (AvgIpc) is 2.78. The van der Waals surface area contributed by atoms with Gasteiger partial charge >= 0.3 is 0 Å². The van der Waals surface area contributed by atoms with Crippen molar-refractivity contribution in [3.63, 3.8) is 0 Å². The molecule has 0 saturated carbocycles. The fraction of sp³-hybridized carbons (Fsp3) is 0.308. The van der Waals surface area contributed by atoms with Crippen molar-refractivity contribution >= 4 is 0 Å². The highest BCUT2D eigenvalue weighted by Gasteiger charge is 2.00. The van der Waals surface area contributed by atoms with E-state index in [0.29, 0.717) is 6.54 Å². The fourth-order valence-corrected chi connectivity index (χ4v) is 1.67. The van der Waals surface area contributed by atoms with Crippen LogP contribution in [0.4, 0.5) is 0 Å². The number of rotatable bonds is 5. The molecular formula is C13H17N3O. The Bertz CT molecular complexity index is 479. The third kappa shape index (κ3) is 3.15. The van der Waals surface area contributed by atoms with Crippen LogP contribution in [0.2, 0.25) is 0 Å². The quantitative estimate of drug-likeness (QED) is 0.762. The predicted molar refractivity (Wildman–Crippen MR) is 67.1 cm³/mol. The van der Waals surface area contributed by atoms with Gasteiger partial charge in [0.1, 0.15) is 0 Å². The number of nitrogens with zero attached hydrogens (tertiary/aromatic N) is 2. The van der Waals surface area contributed by atoms with Crippen LogP contribution in [0.5, 0.6) is 0 Å². The molecule has 0 aliphatic carbocycles. The summed E-state index contributed by atoms with van der Waals surface area (Å²) in [5.41, 5.74) is 3.40. The molecule has 1 heterocycles. The molecule has 0 atom stereocenters. The minimum atomic E-state index is 0.159. The molecule has 17 heavy (non-hydrogen) atoms. The highest BCUT2D eigenvalue weighted by molar-refractivity contribution is 5.35. The molecule has 2 rings (SSSR count). The first-order valence-electron chi connectivity index (χ1n) is 5.72. The van der Waals surface area contributed by atoms with E-state index in [1.807, 2.05) is 29.2 Å². The van der Waals surface area contributed by atoms with E-state index < -0.39 is 0 Å². The van der Waals surface area contributed by atoms with E-state index in [-0.39, 0.29) is 6.61 Å². The minimum absolute atomic E-state index is 0.159. The molecule has 2 N–H and O–H groups in total. The van der Waals surface area contributed by atoms with Gasteiger partial charge in [-0.25, -0.2) is 4.68 Å². The highest BCUT2D eigenvalue weighted by atomic mass is 16.3. The maximum atomic E-state index is 8.67. The molecular weight excluding hydrogens is 214 g/mol. The number of hydrogen-bond donors (Lipinski definition) is 2. The van der Waals surface area contributed by atoms with E-state index in [1.165, 1.54) is 5.56 Å². The highest BCUT2D eigenvalue weighted by Crippen LogP contribution is 2.10. The first-order chi connectivity index (χ1) is 8.29. The van der Waals surface area contributed by atoms with Crippen molar-refractivity contribution in [3.8, 4) is 5.69 Å². The number of aryl methyl sites for hydroxylation is 1. The Morgan fingerprint density at radius 2 is 2.29 bits per heavy atom. The summed E-state index contributed by atoms with van der Waals surface area (Å²) in [7, 11) is 0. The summed E-state index contributed by atoms with van der Waals surface area (Å²) >= 11 is 0. The normalized spacial score (nSPS) is 10.7. The number of aromatic nitrogens is 2. The number of aliphatic hydroxyl groups excluding tert-OH is 1. The van der Waals surface area contributed by atoms with Crippen LogP contribution < -0.4 is 5.32 Å². The lowest BCUT2D eigenvalue weighted by Crippen LogP contribution is -2.17. The minimum Gasteiger partial charge on any atom is -0.395 e. The molecule has 0 aliphatic heterocycles. The zero-order chi connectivity index (χ0) is 12.1. The molecule has 0 aliphatic rings. The molecule has 0 saturated heterocycles. The zero-order valence-corrected chi connectivity index (χ0v) is 9.93. The Balaban J connectivity index is 2.07. The van der Waals surface area contributed by atoms with Gasteiger partial charge in [0.15, 0.2) is 0 Å². The third-order valence-electron chi connectivity index (χ3n) is 2.52. The number of hydrogen-bond acceptors (Lipinski definition) is 3. The maximum absolute atomic E-state index is 8.67. The second-order valence-corrected chi connectivity index (χ2v) is 4.03. The van der Waals surface area contributed by atoms with Gasteiger partial charge in [-0.2, -0.15) is 5.10 Å². The smallest absolute Gasteiger partial charge is 0.0648 e. The zero-order valence-electron chi connectivity index (χ0n) is 9.93. The SMILES string of the molecule is Cc1cccc(-n2cc(CNCCO)cn2)c1. The molecule has 1 aromatic carbocycles. The van der Waals surface area contributed by atoms with E-state index in [4.69, 9.17) is 5.11 Å². The molecule has 90 valence electrons. The van der Waals surface area contributed by atoms with Gasteiger partial charge in [-0.05, 0) is 24.6 Å². The molecule has 0 fully saturated rings. The maximum Gasteiger partial charge on any atom is 0.0648 e. The molecule has 4 nitrogen and oxygen atoms in total. The summed E-state index contributed by atoms with van der Waals surface area (Å²) in [6.07, 6.45) is 3.84. The Morgan fingerprint density at radius 3 is 3.06 bits per heavy atom. The van der Waals surface area contributed by atoms with Gasteiger partial charge in [-0.15, -0.1) is 0 Å². The van der Waals surface area contributed by atoms with Crippen LogP contribution in [0.1, 0.15) is 11.1 Å². The van der Waals surface area contributed by atoms with Crippen molar-refractivity contribution in [3.05, 3.63) is 47.8 Å². The summed E-state index contributed by atoms with van der Waals surface area (Å²) in [6, 6.07) is 8.22. The van der Waals surface area contributed by atoms with Crippen molar-refractivity contribution in [2.75, 3.05) is 13.2 Å². The van der Waals surface area contributed by atoms with Crippen molar-refractivity contribution in [1.29, 1.82) is 0 Å². The molecule has 1 aromatic heterocycles. The number of benzene rings is 1. The average molecular weight is 231 g/mol. The lowest BCUT2D eigenvalue weighted by atomic mass is 10.2. The molecule has 0 spiro atoms. The largest absolute Gasteiger partial charge is 0.395 e. The van der Waals surface area contributed by atoms with E-state index in [2.05, 4.69) is 29.5 Å². The Hall–Kier alpha value is -1.65. The van der Waals surface area contributed by atoms with Crippen LogP contribution in [-0.4, -0.2) is 28.0 Å². The van der Waals surface area contributed by atoms with Crippen LogP contribution in [0.3, 0.4) is 0 Å². The first kappa shape index (κ1) is 11.8. The van der Waals surface area contributed by atoms with E-state index in [1.54, 1.807) is 0 Å². The van der Waals surface area contributed by atoms with Gasteiger partial charge in [-0.3, -0.25) is 0 Å². The van der Waals surface area contributed by atoms with Gasteiger partial charge in [0, 0.05) is 24.8 Å². The lowest BCUT2D eigenvalue weighted by Gasteiger charge is -2.02.